The molecule has 0 saturated carbocycles. The number of hydrogen-bond acceptors (Lipinski definition) is 4. The highest BCUT2D eigenvalue weighted by Crippen LogP contribution is 2.22. The zero-order chi connectivity index (χ0) is 17.7. The molecule has 0 fully saturated rings. The van der Waals surface area contributed by atoms with Gasteiger partial charge in [-0.15, -0.1) is 0 Å². The smallest absolute Gasteiger partial charge is 0.260 e. The fourth-order valence-electron chi connectivity index (χ4n) is 2.25. The van der Waals surface area contributed by atoms with Crippen LogP contribution in [-0.4, -0.2) is 28.7 Å². The standard InChI is InChI=1S/C16H19ClN4O3/c1-10-6-11(2)21(20-10)9-16(23)19-18-15(22)8-12-7-13(17)4-5-14(12)24-3/h4-7H,8-9H2,1-3H3,(H,18,22)(H,19,23). The van der Waals surface area contributed by atoms with Gasteiger partial charge >= 0.3 is 0 Å². The summed E-state index contributed by atoms with van der Waals surface area (Å²) in [7, 11) is 1.51. The first-order valence-electron chi connectivity index (χ1n) is 7.30. The third-order valence-electron chi connectivity index (χ3n) is 3.33. The first kappa shape index (κ1) is 17.8. The number of carbonyl (C=O) groups is 2. The summed E-state index contributed by atoms with van der Waals surface area (Å²) in [6.45, 7) is 3.74. The van der Waals surface area contributed by atoms with E-state index in [0.29, 0.717) is 16.3 Å². The number of benzene rings is 1. The number of aryl methyl sites for hydroxylation is 2. The van der Waals surface area contributed by atoms with Crippen LogP contribution in [0.4, 0.5) is 0 Å². The van der Waals surface area contributed by atoms with Crippen molar-refractivity contribution in [2.24, 2.45) is 0 Å². The molecule has 7 nitrogen and oxygen atoms in total. The number of halogens is 1. The number of hydrazine groups is 1. The van der Waals surface area contributed by atoms with Crippen LogP contribution in [0.5, 0.6) is 5.75 Å². The van der Waals surface area contributed by atoms with Gasteiger partial charge in [-0.25, -0.2) is 0 Å². The molecule has 1 aromatic carbocycles. The summed E-state index contributed by atoms with van der Waals surface area (Å²) in [5, 5.41) is 4.70. The quantitative estimate of drug-likeness (QED) is 0.801. The van der Waals surface area contributed by atoms with Gasteiger partial charge in [0.2, 0.25) is 5.91 Å². The Hall–Kier alpha value is -2.54. The lowest BCUT2D eigenvalue weighted by molar-refractivity contribution is -0.129. The molecule has 128 valence electrons. The lowest BCUT2D eigenvalue weighted by atomic mass is 10.1. The summed E-state index contributed by atoms with van der Waals surface area (Å²) >= 11 is 5.93. The highest BCUT2D eigenvalue weighted by Gasteiger charge is 2.11. The molecule has 0 aliphatic heterocycles. The molecule has 0 aliphatic rings. The molecule has 0 radical (unpaired) electrons. The summed E-state index contributed by atoms with van der Waals surface area (Å²) < 4.78 is 6.75. The van der Waals surface area contributed by atoms with E-state index in [9.17, 15) is 9.59 Å². The first-order valence-corrected chi connectivity index (χ1v) is 7.68. The fraction of sp³-hybridized carbons (Fsp3) is 0.312. The number of carbonyl (C=O) groups excluding carboxylic acids is 2. The molecule has 0 saturated heterocycles. The Kier molecular flexibility index (Phi) is 5.81. The maximum absolute atomic E-state index is 12.0. The summed E-state index contributed by atoms with van der Waals surface area (Å²) in [4.78, 5) is 23.8. The van der Waals surface area contributed by atoms with Gasteiger partial charge in [0, 0.05) is 16.3 Å². The van der Waals surface area contributed by atoms with Crippen LogP contribution in [0.25, 0.3) is 0 Å². The van der Waals surface area contributed by atoms with E-state index in [1.165, 1.54) is 7.11 Å². The summed E-state index contributed by atoms with van der Waals surface area (Å²) in [5.41, 5.74) is 7.07. The average Bonchev–Trinajstić information content (AvgIpc) is 2.83. The van der Waals surface area contributed by atoms with E-state index in [4.69, 9.17) is 16.3 Å². The van der Waals surface area contributed by atoms with Gasteiger partial charge in [0.15, 0.2) is 0 Å². The van der Waals surface area contributed by atoms with Gasteiger partial charge in [0.1, 0.15) is 12.3 Å². The molecule has 2 rings (SSSR count). The Morgan fingerprint density at radius 3 is 2.54 bits per heavy atom. The van der Waals surface area contributed by atoms with Gasteiger partial charge in [0.05, 0.1) is 19.2 Å². The lowest BCUT2D eigenvalue weighted by Crippen LogP contribution is -2.44. The average molecular weight is 351 g/mol. The largest absolute Gasteiger partial charge is 0.496 e. The maximum Gasteiger partial charge on any atom is 0.260 e. The Bertz CT molecular complexity index is 758. The van der Waals surface area contributed by atoms with Crippen LogP contribution < -0.4 is 15.6 Å². The molecular formula is C16H19ClN4O3. The molecule has 0 atom stereocenters. The number of nitrogens with one attached hydrogen (secondary N) is 2. The van der Waals surface area contributed by atoms with Crippen molar-refractivity contribution in [1.82, 2.24) is 20.6 Å². The zero-order valence-corrected chi connectivity index (χ0v) is 14.5. The van der Waals surface area contributed by atoms with Gasteiger partial charge < -0.3 is 4.74 Å². The zero-order valence-electron chi connectivity index (χ0n) is 13.7. The van der Waals surface area contributed by atoms with Crippen LogP contribution in [0.2, 0.25) is 5.02 Å². The van der Waals surface area contributed by atoms with Crippen LogP contribution in [0.1, 0.15) is 17.0 Å². The Labute approximate surface area is 144 Å². The molecule has 0 aliphatic carbocycles. The van der Waals surface area contributed by atoms with E-state index in [1.807, 2.05) is 19.9 Å². The Balaban J connectivity index is 1.88. The van der Waals surface area contributed by atoms with Crippen molar-refractivity contribution in [1.29, 1.82) is 0 Å². The predicted molar refractivity (Wildman–Crippen MR) is 89.7 cm³/mol. The number of nitrogens with zero attached hydrogens (tertiary/aromatic N) is 2. The number of amides is 2. The van der Waals surface area contributed by atoms with E-state index in [2.05, 4.69) is 16.0 Å². The normalized spacial score (nSPS) is 10.3. The first-order chi connectivity index (χ1) is 11.4. The summed E-state index contributed by atoms with van der Waals surface area (Å²) in [6.07, 6.45) is 0.0317. The molecule has 0 spiro atoms. The third-order valence-corrected chi connectivity index (χ3v) is 3.57. The minimum absolute atomic E-state index is 0.0282. The van der Waals surface area contributed by atoms with Crippen LogP contribution in [-0.2, 0) is 22.6 Å². The van der Waals surface area contributed by atoms with Crippen LogP contribution in [0.15, 0.2) is 24.3 Å². The molecule has 1 heterocycles. The molecule has 0 bridgehead atoms. The predicted octanol–water partition coefficient (Wildman–Crippen LogP) is 1.55. The van der Waals surface area contributed by atoms with Gasteiger partial charge in [-0.1, -0.05) is 11.6 Å². The second kappa shape index (κ2) is 7.83. The number of hydrogen-bond donors (Lipinski definition) is 2. The topological polar surface area (TPSA) is 85.3 Å². The minimum Gasteiger partial charge on any atom is -0.496 e. The van der Waals surface area contributed by atoms with Crippen molar-refractivity contribution in [3.8, 4) is 5.75 Å². The Morgan fingerprint density at radius 2 is 1.92 bits per heavy atom. The van der Waals surface area contributed by atoms with Crippen LogP contribution in [0, 0.1) is 13.8 Å². The molecule has 24 heavy (non-hydrogen) atoms. The van der Waals surface area contributed by atoms with E-state index in [0.717, 1.165) is 11.4 Å². The van der Waals surface area contributed by atoms with E-state index in [-0.39, 0.29) is 24.8 Å². The van der Waals surface area contributed by atoms with Crippen molar-refractivity contribution in [3.05, 3.63) is 46.2 Å². The van der Waals surface area contributed by atoms with E-state index in [1.54, 1.807) is 22.9 Å². The Morgan fingerprint density at radius 1 is 1.21 bits per heavy atom. The van der Waals surface area contributed by atoms with Gasteiger partial charge in [-0.05, 0) is 38.1 Å². The monoisotopic (exact) mass is 350 g/mol. The number of rotatable bonds is 5. The molecule has 0 unspecified atom stereocenters. The number of methoxy groups -OCH3 is 1. The lowest BCUT2D eigenvalue weighted by Gasteiger charge is -2.11. The van der Waals surface area contributed by atoms with Crippen molar-refractivity contribution in [2.45, 2.75) is 26.8 Å². The van der Waals surface area contributed by atoms with Gasteiger partial charge in [-0.2, -0.15) is 5.10 Å². The summed E-state index contributed by atoms with van der Waals surface area (Å²) in [5.74, 6) is -0.187. The maximum atomic E-state index is 12.0. The SMILES string of the molecule is COc1ccc(Cl)cc1CC(=O)NNC(=O)Cn1nc(C)cc1C. The van der Waals surface area contributed by atoms with Gasteiger partial charge in [-0.3, -0.25) is 25.1 Å². The fourth-order valence-corrected chi connectivity index (χ4v) is 2.45. The van der Waals surface area contributed by atoms with Crippen LogP contribution in [0.3, 0.4) is 0 Å². The molecule has 1 aromatic heterocycles. The number of aromatic nitrogens is 2. The van der Waals surface area contributed by atoms with Crippen molar-refractivity contribution < 1.29 is 14.3 Å². The minimum atomic E-state index is -0.378. The number of ether oxygens (including phenoxy) is 1. The summed E-state index contributed by atoms with van der Waals surface area (Å²) in [6, 6.07) is 6.89. The third kappa shape index (κ3) is 4.73. The highest BCUT2D eigenvalue weighted by molar-refractivity contribution is 6.30. The van der Waals surface area contributed by atoms with E-state index >= 15 is 0 Å². The second-order valence-corrected chi connectivity index (χ2v) is 5.75. The highest BCUT2D eigenvalue weighted by atomic mass is 35.5. The van der Waals surface area contributed by atoms with Crippen LogP contribution >= 0.6 is 11.6 Å². The second-order valence-electron chi connectivity index (χ2n) is 5.31. The van der Waals surface area contributed by atoms with E-state index < -0.39 is 0 Å². The van der Waals surface area contributed by atoms with Crippen molar-refractivity contribution in [3.63, 3.8) is 0 Å². The van der Waals surface area contributed by atoms with Gasteiger partial charge in [0.25, 0.3) is 5.91 Å². The van der Waals surface area contributed by atoms with Crippen molar-refractivity contribution in [2.75, 3.05) is 7.11 Å². The molecule has 8 heteroatoms. The molecular weight excluding hydrogens is 332 g/mol. The molecule has 2 N–H and O–H groups in total. The van der Waals surface area contributed by atoms with Crippen molar-refractivity contribution >= 4 is 23.4 Å². The molecule has 2 aromatic rings. The molecule has 2 amide bonds.